The number of esters is 1. The Morgan fingerprint density at radius 3 is 2.31 bits per heavy atom. The zero-order valence-corrected chi connectivity index (χ0v) is 20.5. The minimum absolute atomic E-state index is 0.0182. The number of carbonyl (C=O) groups is 2. The highest BCUT2D eigenvalue weighted by Gasteiger charge is 2.51. The average Bonchev–Trinajstić information content (AvgIpc) is 2.99. The van der Waals surface area contributed by atoms with Crippen molar-refractivity contribution in [3.63, 3.8) is 0 Å². The third kappa shape index (κ3) is 9.16. The second-order valence-electron chi connectivity index (χ2n) is 8.65. The van der Waals surface area contributed by atoms with E-state index in [1.54, 1.807) is 41.5 Å². The van der Waals surface area contributed by atoms with Gasteiger partial charge in [0.25, 0.3) is 0 Å². The third-order valence-corrected chi connectivity index (χ3v) is 4.44. The van der Waals surface area contributed by atoms with Gasteiger partial charge in [-0.15, -0.1) is 0 Å². The summed E-state index contributed by atoms with van der Waals surface area (Å²) in [6.45, 7) is 10.7. The second-order valence-corrected chi connectivity index (χ2v) is 8.65. The SMILES string of the molecule is CCOC(=O)COC[C@H](OCOC)[C@@H](OCOC)[C@@H]1COC(C)(C)N1C(=O)OC(C)(C)C. The van der Waals surface area contributed by atoms with Gasteiger partial charge in [-0.05, 0) is 41.5 Å². The van der Waals surface area contributed by atoms with E-state index in [2.05, 4.69) is 0 Å². The number of rotatable bonds is 13. The quantitative estimate of drug-likeness (QED) is 0.295. The predicted molar refractivity (Wildman–Crippen MR) is 113 cm³/mol. The number of methoxy groups -OCH3 is 2. The van der Waals surface area contributed by atoms with Crippen LogP contribution in [0.4, 0.5) is 4.79 Å². The molecule has 0 aliphatic carbocycles. The third-order valence-electron chi connectivity index (χ3n) is 4.44. The Morgan fingerprint density at radius 2 is 1.75 bits per heavy atom. The van der Waals surface area contributed by atoms with Crippen LogP contribution < -0.4 is 0 Å². The number of hydrogen-bond acceptors (Lipinski definition) is 10. The molecule has 0 bridgehead atoms. The maximum atomic E-state index is 13.1. The van der Waals surface area contributed by atoms with Gasteiger partial charge in [0.1, 0.15) is 43.7 Å². The molecular weight excluding hydrogens is 426 g/mol. The fourth-order valence-electron chi connectivity index (χ4n) is 3.21. The first-order chi connectivity index (χ1) is 15.0. The van der Waals surface area contributed by atoms with E-state index in [-0.39, 0.29) is 40.0 Å². The Kier molecular flexibility index (Phi) is 11.8. The van der Waals surface area contributed by atoms with E-state index in [1.807, 2.05) is 0 Å². The highest BCUT2D eigenvalue weighted by molar-refractivity contribution is 5.70. The first-order valence-electron chi connectivity index (χ1n) is 10.6. The van der Waals surface area contributed by atoms with Crippen LogP contribution in [0.2, 0.25) is 0 Å². The summed E-state index contributed by atoms with van der Waals surface area (Å²) in [6, 6.07) is -0.581. The molecular formula is C21H39NO10. The summed E-state index contributed by atoms with van der Waals surface area (Å²) in [5.74, 6) is -0.493. The Hall–Kier alpha value is -1.50. The molecule has 0 saturated carbocycles. The lowest BCUT2D eigenvalue weighted by Gasteiger charge is -2.39. The number of carbonyl (C=O) groups excluding carboxylic acids is 2. The lowest BCUT2D eigenvalue weighted by Crippen LogP contribution is -2.57. The summed E-state index contributed by atoms with van der Waals surface area (Å²) in [6.07, 6.45) is -2.00. The largest absolute Gasteiger partial charge is 0.464 e. The van der Waals surface area contributed by atoms with Crippen LogP contribution in [-0.2, 0) is 42.7 Å². The normalized spacial score (nSPS) is 20.1. The Labute approximate surface area is 190 Å². The molecule has 0 aromatic heterocycles. The molecule has 1 saturated heterocycles. The maximum Gasteiger partial charge on any atom is 0.412 e. The molecule has 0 N–H and O–H groups in total. The van der Waals surface area contributed by atoms with Gasteiger partial charge in [-0.3, -0.25) is 4.90 Å². The van der Waals surface area contributed by atoms with E-state index in [4.69, 9.17) is 37.9 Å². The molecule has 0 aromatic carbocycles. The van der Waals surface area contributed by atoms with Crippen LogP contribution in [0.25, 0.3) is 0 Å². The van der Waals surface area contributed by atoms with Gasteiger partial charge >= 0.3 is 12.1 Å². The van der Waals surface area contributed by atoms with Crippen molar-refractivity contribution in [2.24, 2.45) is 0 Å². The summed E-state index contributed by atoms with van der Waals surface area (Å²) in [5, 5.41) is 0. The van der Waals surface area contributed by atoms with Crippen LogP contribution >= 0.6 is 0 Å². The molecule has 11 nitrogen and oxygen atoms in total. The molecule has 1 aliphatic rings. The summed E-state index contributed by atoms with van der Waals surface area (Å²) >= 11 is 0. The van der Waals surface area contributed by atoms with Gasteiger partial charge in [-0.25, -0.2) is 9.59 Å². The van der Waals surface area contributed by atoms with E-state index in [9.17, 15) is 9.59 Å². The highest BCUT2D eigenvalue weighted by atomic mass is 16.7. The highest BCUT2D eigenvalue weighted by Crippen LogP contribution is 2.33. The van der Waals surface area contributed by atoms with Gasteiger partial charge in [-0.2, -0.15) is 0 Å². The first kappa shape index (κ1) is 28.5. The minimum atomic E-state index is -0.945. The van der Waals surface area contributed by atoms with E-state index >= 15 is 0 Å². The van der Waals surface area contributed by atoms with E-state index in [0.717, 1.165) is 0 Å². The molecule has 188 valence electrons. The van der Waals surface area contributed by atoms with E-state index < -0.39 is 41.6 Å². The zero-order chi connectivity index (χ0) is 24.4. The smallest absolute Gasteiger partial charge is 0.412 e. The van der Waals surface area contributed by atoms with Gasteiger partial charge in [-0.1, -0.05) is 0 Å². The lowest BCUT2D eigenvalue weighted by molar-refractivity contribution is -0.189. The Balaban J connectivity index is 3.11. The van der Waals surface area contributed by atoms with Crippen molar-refractivity contribution in [1.29, 1.82) is 0 Å². The van der Waals surface area contributed by atoms with Crippen molar-refractivity contribution in [3.05, 3.63) is 0 Å². The van der Waals surface area contributed by atoms with Crippen LogP contribution in [-0.4, -0.2) is 101 Å². The molecule has 32 heavy (non-hydrogen) atoms. The maximum absolute atomic E-state index is 13.1. The molecule has 0 aromatic rings. The molecule has 1 fully saturated rings. The molecule has 11 heteroatoms. The minimum Gasteiger partial charge on any atom is -0.464 e. The molecule has 1 amide bonds. The number of ether oxygens (including phenoxy) is 8. The first-order valence-corrected chi connectivity index (χ1v) is 10.6. The summed E-state index contributed by atoms with van der Waals surface area (Å²) in [4.78, 5) is 26.2. The van der Waals surface area contributed by atoms with Crippen LogP contribution in [0.1, 0.15) is 41.5 Å². The van der Waals surface area contributed by atoms with Crippen molar-refractivity contribution < 1.29 is 47.5 Å². The summed E-state index contributed by atoms with van der Waals surface area (Å²) in [5.41, 5.74) is -1.64. The van der Waals surface area contributed by atoms with Crippen LogP contribution in [0, 0.1) is 0 Å². The number of amides is 1. The second kappa shape index (κ2) is 13.3. The molecule has 1 rings (SSSR count). The van der Waals surface area contributed by atoms with Gasteiger partial charge in [0, 0.05) is 14.2 Å². The predicted octanol–water partition coefficient (Wildman–Crippen LogP) is 1.92. The van der Waals surface area contributed by atoms with Crippen LogP contribution in [0.15, 0.2) is 0 Å². The standard InChI is InChI=1S/C21H39NO10/c1-9-28-17(23)12-27-11-16(29-13-25-7)18(30-14-26-8)15-10-31-21(5,6)22(15)19(24)32-20(2,3)4/h15-16,18H,9-14H2,1-8H3/t15-,16-,18-/m0/s1. The zero-order valence-electron chi connectivity index (χ0n) is 20.5. The molecule has 3 atom stereocenters. The Morgan fingerprint density at radius 1 is 1.12 bits per heavy atom. The molecule has 0 spiro atoms. The molecule has 1 heterocycles. The van der Waals surface area contributed by atoms with Crippen LogP contribution in [0.5, 0.6) is 0 Å². The monoisotopic (exact) mass is 465 g/mol. The molecule has 0 unspecified atom stereocenters. The van der Waals surface area contributed by atoms with Gasteiger partial charge < -0.3 is 37.9 Å². The van der Waals surface area contributed by atoms with Crippen molar-refractivity contribution in [2.75, 3.05) is 54.2 Å². The van der Waals surface area contributed by atoms with Gasteiger partial charge in [0.15, 0.2) is 0 Å². The fraction of sp³-hybridized carbons (Fsp3) is 0.905. The number of nitrogens with zero attached hydrogens (tertiary/aromatic N) is 1. The average molecular weight is 466 g/mol. The Bertz CT molecular complexity index is 577. The van der Waals surface area contributed by atoms with Crippen molar-refractivity contribution in [2.45, 2.75) is 71.1 Å². The lowest BCUT2D eigenvalue weighted by atomic mass is 10.0. The fourth-order valence-corrected chi connectivity index (χ4v) is 3.21. The van der Waals surface area contributed by atoms with Crippen LogP contribution in [0.3, 0.4) is 0 Å². The van der Waals surface area contributed by atoms with Gasteiger partial charge in [0.2, 0.25) is 0 Å². The summed E-state index contributed by atoms with van der Waals surface area (Å²) in [7, 11) is 2.97. The van der Waals surface area contributed by atoms with Crippen molar-refractivity contribution >= 4 is 12.1 Å². The number of hydrogen-bond donors (Lipinski definition) is 0. The van der Waals surface area contributed by atoms with E-state index in [0.29, 0.717) is 0 Å². The van der Waals surface area contributed by atoms with Crippen molar-refractivity contribution in [1.82, 2.24) is 4.90 Å². The van der Waals surface area contributed by atoms with Crippen molar-refractivity contribution in [3.8, 4) is 0 Å². The van der Waals surface area contributed by atoms with E-state index in [1.165, 1.54) is 19.1 Å². The van der Waals surface area contributed by atoms with Gasteiger partial charge in [0.05, 0.1) is 25.9 Å². The molecule has 1 aliphatic heterocycles. The topological polar surface area (TPSA) is 111 Å². The molecule has 0 radical (unpaired) electrons. The summed E-state index contributed by atoms with van der Waals surface area (Å²) < 4.78 is 43.7.